The predicted octanol–water partition coefficient (Wildman–Crippen LogP) is 1.86. The first-order valence-electron chi connectivity index (χ1n) is 7.44. The van der Waals surface area contributed by atoms with E-state index in [9.17, 15) is 4.79 Å². The Morgan fingerprint density at radius 3 is 3.15 bits per heavy atom. The van der Waals surface area contributed by atoms with Gasteiger partial charge in [0.05, 0.1) is 11.3 Å². The average Bonchev–Trinajstić information content (AvgIpc) is 2.48. The first-order chi connectivity index (χ1) is 9.72. The van der Waals surface area contributed by atoms with Gasteiger partial charge in [0.1, 0.15) is 0 Å². The van der Waals surface area contributed by atoms with Crippen LogP contribution in [-0.2, 0) is 0 Å². The van der Waals surface area contributed by atoms with Gasteiger partial charge in [-0.25, -0.2) is 0 Å². The predicted molar refractivity (Wildman–Crippen MR) is 80.7 cm³/mol. The molecule has 5 nitrogen and oxygen atoms in total. The number of pyridine rings is 1. The third kappa shape index (κ3) is 3.70. The van der Waals surface area contributed by atoms with Crippen LogP contribution in [0.1, 0.15) is 43.0 Å². The van der Waals surface area contributed by atoms with E-state index >= 15 is 0 Å². The molecule has 1 aromatic rings. The Morgan fingerprint density at radius 2 is 2.40 bits per heavy atom. The standard InChI is InChI=1S/C15H24N4O/c1-2-12-5-3-4-9-19(12)10-8-18-14-6-7-17-11-13(14)15(16)20/h6-7,11-12H,2-5,8-10H2,1H3,(H2,16,20)(H,17,18). The molecule has 1 saturated heterocycles. The van der Waals surface area contributed by atoms with Crippen LogP contribution in [0.4, 0.5) is 5.69 Å². The first kappa shape index (κ1) is 14.8. The number of anilines is 1. The van der Waals surface area contributed by atoms with Crippen molar-refractivity contribution in [1.82, 2.24) is 9.88 Å². The molecule has 5 heteroatoms. The molecule has 2 heterocycles. The van der Waals surface area contributed by atoms with Crippen LogP contribution in [0.25, 0.3) is 0 Å². The van der Waals surface area contributed by atoms with E-state index in [0.29, 0.717) is 11.6 Å². The van der Waals surface area contributed by atoms with Gasteiger partial charge >= 0.3 is 0 Å². The summed E-state index contributed by atoms with van der Waals surface area (Å²) in [6, 6.07) is 2.51. The number of rotatable bonds is 6. The van der Waals surface area contributed by atoms with Crippen LogP contribution in [0.3, 0.4) is 0 Å². The number of hydrogen-bond donors (Lipinski definition) is 2. The minimum absolute atomic E-state index is 0.440. The summed E-state index contributed by atoms with van der Waals surface area (Å²) in [5.74, 6) is -0.440. The highest BCUT2D eigenvalue weighted by molar-refractivity contribution is 5.98. The number of carbonyl (C=O) groups excluding carboxylic acids is 1. The molecule has 1 aromatic heterocycles. The molecule has 3 N–H and O–H groups in total. The molecule has 110 valence electrons. The number of aromatic nitrogens is 1. The van der Waals surface area contributed by atoms with E-state index in [1.165, 1.54) is 38.4 Å². The number of primary amides is 1. The molecule has 0 spiro atoms. The number of nitrogens with one attached hydrogen (secondary N) is 1. The van der Waals surface area contributed by atoms with Gasteiger partial charge in [-0.05, 0) is 31.9 Å². The van der Waals surface area contributed by atoms with Gasteiger partial charge in [0.2, 0.25) is 0 Å². The highest BCUT2D eigenvalue weighted by atomic mass is 16.1. The fourth-order valence-corrected chi connectivity index (χ4v) is 2.90. The number of nitrogens with two attached hydrogens (primary N) is 1. The van der Waals surface area contributed by atoms with E-state index in [1.54, 1.807) is 12.3 Å². The molecular formula is C15H24N4O. The second-order valence-corrected chi connectivity index (χ2v) is 5.31. The van der Waals surface area contributed by atoms with Crippen molar-refractivity contribution >= 4 is 11.6 Å². The van der Waals surface area contributed by atoms with Crippen molar-refractivity contribution in [2.24, 2.45) is 5.73 Å². The first-order valence-corrected chi connectivity index (χ1v) is 7.44. The van der Waals surface area contributed by atoms with Gasteiger partial charge in [-0.3, -0.25) is 14.7 Å². The molecule has 0 radical (unpaired) electrons. The number of amides is 1. The minimum atomic E-state index is -0.440. The topological polar surface area (TPSA) is 71.2 Å². The number of piperidine rings is 1. The Bertz CT molecular complexity index is 449. The molecule has 1 amide bonds. The highest BCUT2D eigenvalue weighted by Gasteiger charge is 2.20. The van der Waals surface area contributed by atoms with Crippen molar-refractivity contribution in [3.8, 4) is 0 Å². The van der Waals surface area contributed by atoms with Gasteiger partial charge in [0.25, 0.3) is 5.91 Å². The monoisotopic (exact) mass is 276 g/mol. The molecule has 2 rings (SSSR count). The third-order valence-corrected chi connectivity index (χ3v) is 4.02. The maximum atomic E-state index is 11.3. The summed E-state index contributed by atoms with van der Waals surface area (Å²) in [5.41, 5.74) is 6.58. The van der Waals surface area contributed by atoms with E-state index < -0.39 is 5.91 Å². The van der Waals surface area contributed by atoms with Gasteiger partial charge < -0.3 is 11.1 Å². The summed E-state index contributed by atoms with van der Waals surface area (Å²) < 4.78 is 0. The Labute approximate surface area is 120 Å². The van der Waals surface area contributed by atoms with Crippen LogP contribution in [0, 0.1) is 0 Å². The lowest BCUT2D eigenvalue weighted by molar-refractivity contribution is 0.100. The normalized spacial score (nSPS) is 19.8. The summed E-state index contributed by atoms with van der Waals surface area (Å²) in [6.07, 6.45) is 8.34. The van der Waals surface area contributed by atoms with Crippen LogP contribution in [0.2, 0.25) is 0 Å². The van der Waals surface area contributed by atoms with Crippen LogP contribution < -0.4 is 11.1 Å². The fourth-order valence-electron chi connectivity index (χ4n) is 2.90. The van der Waals surface area contributed by atoms with Crippen molar-refractivity contribution in [3.63, 3.8) is 0 Å². The van der Waals surface area contributed by atoms with Gasteiger partial charge in [0.15, 0.2) is 0 Å². The number of carbonyl (C=O) groups is 1. The van der Waals surface area contributed by atoms with Crippen molar-refractivity contribution in [3.05, 3.63) is 24.0 Å². The Kier molecular flexibility index (Phi) is 5.35. The van der Waals surface area contributed by atoms with Crippen LogP contribution >= 0.6 is 0 Å². The summed E-state index contributed by atoms with van der Waals surface area (Å²) in [5, 5.41) is 3.30. The molecular weight excluding hydrogens is 252 g/mol. The SMILES string of the molecule is CCC1CCCCN1CCNc1ccncc1C(N)=O. The third-order valence-electron chi connectivity index (χ3n) is 4.02. The summed E-state index contributed by atoms with van der Waals surface area (Å²) in [6.45, 7) is 5.25. The molecule has 0 bridgehead atoms. The highest BCUT2D eigenvalue weighted by Crippen LogP contribution is 2.19. The van der Waals surface area contributed by atoms with Gasteiger partial charge in [0, 0.05) is 31.5 Å². The lowest BCUT2D eigenvalue weighted by Gasteiger charge is -2.35. The largest absolute Gasteiger partial charge is 0.383 e. The molecule has 0 aliphatic carbocycles. The zero-order valence-corrected chi connectivity index (χ0v) is 12.1. The summed E-state index contributed by atoms with van der Waals surface area (Å²) >= 11 is 0. The second kappa shape index (κ2) is 7.24. The Morgan fingerprint density at radius 1 is 1.55 bits per heavy atom. The van der Waals surface area contributed by atoms with E-state index in [0.717, 1.165) is 18.8 Å². The molecule has 0 saturated carbocycles. The van der Waals surface area contributed by atoms with Crippen LogP contribution in [-0.4, -0.2) is 41.5 Å². The smallest absolute Gasteiger partial charge is 0.252 e. The lowest BCUT2D eigenvalue weighted by atomic mass is 10.0. The molecule has 1 aliphatic heterocycles. The zero-order chi connectivity index (χ0) is 14.4. The fraction of sp³-hybridized carbons (Fsp3) is 0.600. The van der Waals surface area contributed by atoms with E-state index in [4.69, 9.17) is 5.73 Å². The summed E-state index contributed by atoms with van der Waals surface area (Å²) in [7, 11) is 0. The van der Waals surface area contributed by atoms with E-state index in [2.05, 4.69) is 22.1 Å². The quantitative estimate of drug-likeness (QED) is 0.832. The van der Waals surface area contributed by atoms with E-state index in [1.807, 2.05) is 0 Å². The maximum absolute atomic E-state index is 11.3. The second-order valence-electron chi connectivity index (χ2n) is 5.31. The Balaban J connectivity index is 1.88. The number of hydrogen-bond acceptors (Lipinski definition) is 4. The van der Waals surface area contributed by atoms with Gasteiger partial charge in [-0.2, -0.15) is 0 Å². The van der Waals surface area contributed by atoms with Crippen molar-refractivity contribution in [2.75, 3.05) is 25.0 Å². The molecule has 1 unspecified atom stereocenters. The van der Waals surface area contributed by atoms with E-state index in [-0.39, 0.29) is 0 Å². The van der Waals surface area contributed by atoms with Gasteiger partial charge in [-0.1, -0.05) is 13.3 Å². The average molecular weight is 276 g/mol. The maximum Gasteiger partial charge on any atom is 0.252 e. The van der Waals surface area contributed by atoms with Crippen LogP contribution in [0.15, 0.2) is 18.5 Å². The lowest BCUT2D eigenvalue weighted by Crippen LogP contribution is -2.41. The zero-order valence-electron chi connectivity index (χ0n) is 12.1. The number of likely N-dealkylation sites (tertiary alicyclic amines) is 1. The van der Waals surface area contributed by atoms with Crippen molar-refractivity contribution < 1.29 is 4.79 Å². The van der Waals surface area contributed by atoms with Crippen molar-refractivity contribution in [1.29, 1.82) is 0 Å². The summed E-state index contributed by atoms with van der Waals surface area (Å²) in [4.78, 5) is 17.8. The number of nitrogens with zero attached hydrogens (tertiary/aromatic N) is 2. The Hall–Kier alpha value is -1.62. The molecule has 20 heavy (non-hydrogen) atoms. The molecule has 1 atom stereocenters. The van der Waals surface area contributed by atoms with Crippen LogP contribution in [0.5, 0.6) is 0 Å². The minimum Gasteiger partial charge on any atom is -0.383 e. The van der Waals surface area contributed by atoms with Crippen molar-refractivity contribution in [2.45, 2.75) is 38.6 Å². The molecule has 1 fully saturated rings. The molecule has 0 aromatic carbocycles. The molecule has 1 aliphatic rings. The van der Waals surface area contributed by atoms with Gasteiger partial charge in [-0.15, -0.1) is 0 Å².